The van der Waals surface area contributed by atoms with Crippen LogP contribution >= 0.6 is 11.8 Å². The van der Waals surface area contributed by atoms with Crippen LogP contribution in [0.15, 0.2) is 9.64 Å². The minimum atomic E-state index is -0.683. The molecule has 1 fully saturated rings. The van der Waals surface area contributed by atoms with Gasteiger partial charge in [0.05, 0.1) is 11.6 Å². The molecule has 0 amide bonds. The topological polar surface area (TPSA) is 63.3 Å². The van der Waals surface area contributed by atoms with Crippen molar-refractivity contribution in [2.75, 3.05) is 0 Å². The minimum Gasteiger partial charge on any atom is -0.481 e. The molecule has 4 nitrogen and oxygen atoms in total. The number of hydrogen-bond donors (Lipinski definition) is 1. The van der Waals surface area contributed by atoms with Gasteiger partial charge < -0.3 is 9.52 Å². The highest BCUT2D eigenvalue weighted by molar-refractivity contribution is 7.99. The average molecular weight is 297 g/mol. The highest BCUT2D eigenvalue weighted by Gasteiger charge is 2.36. The Kier molecular flexibility index (Phi) is 5.13. The lowest BCUT2D eigenvalue weighted by Gasteiger charge is -2.32. The Morgan fingerprint density at radius 3 is 2.75 bits per heavy atom. The smallest absolute Gasteiger partial charge is 0.307 e. The number of thioether (sulfide) groups is 1. The van der Waals surface area contributed by atoms with Gasteiger partial charge >= 0.3 is 5.97 Å². The lowest BCUT2D eigenvalue weighted by atomic mass is 9.80. The lowest BCUT2D eigenvalue weighted by molar-refractivity contribution is -0.142. The molecule has 1 aliphatic carbocycles. The molecular weight excluding hydrogens is 274 g/mol. The Morgan fingerprint density at radius 1 is 1.45 bits per heavy atom. The van der Waals surface area contributed by atoms with Gasteiger partial charge in [-0.3, -0.25) is 4.79 Å². The Labute approximate surface area is 124 Å². The van der Waals surface area contributed by atoms with E-state index in [2.05, 4.69) is 11.9 Å². The quantitative estimate of drug-likeness (QED) is 0.888. The fraction of sp³-hybridized carbons (Fsp3) is 0.733. The van der Waals surface area contributed by atoms with Crippen LogP contribution in [0.4, 0.5) is 0 Å². The summed E-state index contributed by atoms with van der Waals surface area (Å²) in [6.07, 6.45) is 5.11. The first kappa shape index (κ1) is 15.4. The molecule has 3 unspecified atom stereocenters. The number of aryl methyl sites for hydroxylation is 2. The van der Waals surface area contributed by atoms with Gasteiger partial charge in [0.1, 0.15) is 5.76 Å². The summed E-state index contributed by atoms with van der Waals surface area (Å²) >= 11 is 1.51. The predicted octanol–water partition coefficient (Wildman–Crippen LogP) is 4.05. The van der Waals surface area contributed by atoms with Crippen molar-refractivity contribution in [3.05, 3.63) is 11.5 Å². The molecule has 1 aromatic rings. The molecule has 1 heterocycles. The van der Waals surface area contributed by atoms with Crippen molar-refractivity contribution in [2.45, 2.75) is 63.3 Å². The molecule has 3 atom stereocenters. The van der Waals surface area contributed by atoms with Crippen molar-refractivity contribution >= 4 is 17.7 Å². The maximum Gasteiger partial charge on any atom is 0.307 e. The Bertz CT molecular complexity index is 452. The van der Waals surface area contributed by atoms with Crippen molar-refractivity contribution in [1.82, 2.24) is 4.98 Å². The van der Waals surface area contributed by atoms with Crippen molar-refractivity contribution in [3.63, 3.8) is 0 Å². The van der Waals surface area contributed by atoms with Crippen LogP contribution in [0.2, 0.25) is 0 Å². The van der Waals surface area contributed by atoms with Gasteiger partial charge in [-0.25, -0.2) is 4.98 Å². The summed E-state index contributed by atoms with van der Waals surface area (Å²) in [6.45, 7) is 5.99. The summed E-state index contributed by atoms with van der Waals surface area (Å²) in [4.78, 5) is 15.8. The molecule has 5 heteroatoms. The first-order valence-corrected chi connectivity index (χ1v) is 8.22. The molecule has 1 aliphatic rings. The third kappa shape index (κ3) is 3.57. The minimum absolute atomic E-state index is 0.0789. The second-order valence-electron chi connectivity index (χ2n) is 5.69. The van der Waals surface area contributed by atoms with E-state index in [9.17, 15) is 9.90 Å². The van der Waals surface area contributed by atoms with Crippen LogP contribution in [0, 0.1) is 25.7 Å². The van der Waals surface area contributed by atoms with Gasteiger partial charge in [-0.05, 0) is 39.0 Å². The number of carboxylic acid groups (broad SMARTS) is 1. The molecule has 0 radical (unpaired) electrons. The molecule has 0 saturated heterocycles. The summed E-state index contributed by atoms with van der Waals surface area (Å²) < 4.78 is 5.60. The first-order chi connectivity index (χ1) is 9.51. The maximum absolute atomic E-state index is 11.4. The molecule has 1 aromatic heterocycles. The lowest BCUT2D eigenvalue weighted by Crippen LogP contribution is -2.32. The zero-order valence-electron chi connectivity index (χ0n) is 12.4. The van der Waals surface area contributed by atoms with Crippen molar-refractivity contribution in [3.8, 4) is 0 Å². The second kappa shape index (κ2) is 6.66. The standard InChI is InChI=1S/C15H23NO3S/c1-4-5-11-6-7-12(14(17)18)13(8-11)20-15-16-9(2)10(3)19-15/h11-13H,4-8H2,1-3H3,(H,17,18). The van der Waals surface area contributed by atoms with Crippen LogP contribution < -0.4 is 0 Å². The van der Waals surface area contributed by atoms with E-state index in [1.54, 1.807) is 0 Å². The molecule has 0 spiro atoms. The molecule has 0 bridgehead atoms. The number of aromatic nitrogens is 1. The molecule has 112 valence electrons. The van der Waals surface area contributed by atoms with Gasteiger partial charge in [-0.15, -0.1) is 0 Å². The van der Waals surface area contributed by atoms with Crippen molar-refractivity contribution in [2.24, 2.45) is 11.8 Å². The van der Waals surface area contributed by atoms with Crippen LogP contribution in [0.5, 0.6) is 0 Å². The summed E-state index contributed by atoms with van der Waals surface area (Å²) in [5, 5.41) is 10.1. The molecule has 1 N–H and O–H groups in total. The Morgan fingerprint density at radius 2 is 2.20 bits per heavy atom. The molecule has 0 aliphatic heterocycles. The number of carboxylic acids is 1. The zero-order chi connectivity index (χ0) is 14.7. The number of oxazole rings is 1. The second-order valence-corrected chi connectivity index (χ2v) is 6.88. The normalized spacial score (nSPS) is 26.6. The number of hydrogen-bond acceptors (Lipinski definition) is 4. The van der Waals surface area contributed by atoms with Gasteiger partial charge in [0.2, 0.25) is 0 Å². The Balaban J connectivity index is 2.08. The van der Waals surface area contributed by atoms with Crippen LogP contribution in [0.3, 0.4) is 0 Å². The summed E-state index contributed by atoms with van der Waals surface area (Å²) in [5.41, 5.74) is 0.889. The molecule has 0 aromatic carbocycles. The Hall–Kier alpha value is -0.970. The van der Waals surface area contributed by atoms with E-state index in [1.165, 1.54) is 18.2 Å². The van der Waals surface area contributed by atoms with Crippen LogP contribution in [0.1, 0.15) is 50.5 Å². The van der Waals surface area contributed by atoms with Gasteiger partial charge in [-0.1, -0.05) is 31.5 Å². The first-order valence-electron chi connectivity index (χ1n) is 7.34. The third-order valence-corrected chi connectivity index (χ3v) is 5.38. The fourth-order valence-corrected chi connectivity index (χ4v) is 4.33. The summed E-state index contributed by atoms with van der Waals surface area (Å²) in [5.74, 6) is 0.503. The monoisotopic (exact) mass is 297 g/mol. The van der Waals surface area contributed by atoms with Crippen molar-refractivity contribution in [1.29, 1.82) is 0 Å². The average Bonchev–Trinajstić information content (AvgIpc) is 2.68. The molecule has 1 saturated carbocycles. The molecule has 2 rings (SSSR count). The van der Waals surface area contributed by atoms with Gasteiger partial charge in [-0.2, -0.15) is 0 Å². The number of rotatable bonds is 5. The zero-order valence-corrected chi connectivity index (χ0v) is 13.2. The van der Waals surface area contributed by atoms with E-state index in [-0.39, 0.29) is 11.2 Å². The van der Waals surface area contributed by atoms with Crippen molar-refractivity contribution < 1.29 is 14.3 Å². The molecule has 20 heavy (non-hydrogen) atoms. The summed E-state index contributed by atoms with van der Waals surface area (Å²) in [7, 11) is 0. The number of nitrogens with zero attached hydrogens (tertiary/aromatic N) is 1. The van der Waals surface area contributed by atoms with E-state index in [0.717, 1.165) is 37.1 Å². The fourth-order valence-electron chi connectivity index (χ4n) is 2.92. The third-order valence-electron chi connectivity index (χ3n) is 4.18. The van der Waals surface area contributed by atoms with Crippen LogP contribution in [0.25, 0.3) is 0 Å². The molecular formula is C15H23NO3S. The van der Waals surface area contributed by atoms with E-state index in [1.807, 2.05) is 13.8 Å². The van der Waals surface area contributed by atoms with E-state index in [4.69, 9.17) is 4.42 Å². The van der Waals surface area contributed by atoms with Gasteiger partial charge in [0.15, 0.2) is 0 Å². The van der Waals surface area contributed by atoms with Gasteiger partial charge in [0, 0.05) is 5.25 Å². The van der Waals surface area contributed by atoms with E-state index < -0.39 is 5.97 Å². The van der Waals surface area contributed by atoms with Gasteiger partial charge in [0.25, 0.3) is 5.22 Å². The number of aliphatic carboxylic acids is 1. The van der Waals surface area contributed by atoms with Crippen LogP contribution in [-0.2, 0) is 4.79 Å². The van der Waals surface area contributed by atoms with Crippen LogP contribution in [-0.4, -0.2) is 21.3 Å². The summed E-state index contributed by atoms with van der Waals surface area (Å²) in [6, 6.07) is 0. The highest BCUT2D eigenvalue weighted by Crippen LogP contribution is 2.41. The highest BCUT2D eigenvalue weighted by atomic mass is 32.2. The van der Waals surface area contributed by atoms with E-state index in [0.29, 0.717) is 11.1 Å². The van der Waals surface area contributed by atoms with E-state index >= 15 is 0 Å². The maximum atomic E-state index is 11.4. The predicted molar refractivity (Wildman–Crippen MR) is 79.0 cm³/mol. The number of carbonyl (C=O) groups is 1. The largest absolute Gasteiger partial charge is 0.481 e. The SMILES string of the molecule is CCCC1CCC(C(=O)O)C(Sc2nc(C)c(C)o2)C1.